The number of nitrogens with zero attached hydrogens (tertiary/aromatic N) is 2. The maximum Gasteiger partial charge on any atom is 0.238 e. The van der Waals surface area contributed by atoms with Gasteiger partial charge in [0.1, 0.15) is 0 Å². The smallest absolute Gasteiger partial charge is 0.238 e. The molecule has 5 nitrogen and oxygen atoms in total. The number of nitrogens with one attached hydrogen (secondary N) is 1. The number of benzene rings is 1. The Bertz CT molecular complexity index is 689. The molecule has 0 radical (unpaired) electrons. The van der Waals surface area contributed by atoms with Crippen LogP contribution in [0.1, 0.15) is 11.8 Å². The van der Waals surface area contributed by atoms with Gasteiger partial charge in [-0.2, -0.15) is 0 Å². The van der Waals surface area contributed by atoms with Crippen LogP contribution in [0.15, 0.2) is 41.8 Å². The number of hydrogen-bond donors (Lipinski definition) is 1. The third-order valence-electron chi connectivity index (χ3n) is 3.61. The van der Waals surface area contributed by atoms with Crippen LogP contribution >= 0.6 is 22.9 Å². The highest BCUT2D eigenvalue weighted by molar-refractivity contribution is 7.09. The van der Waals surface area contributed by atoms with E-state index in [0.29, 0.717) is 23.8 Å². The lowest BCUT2D eigenvalue weighted by Gasteiger charge is -2.23. The summed E-state index contributed by atoms with van der Waals surface area (Å²) in [6.45, 7) is 3.55. The molecule has 0 spiro atoms. The third kappa shape index (κ3) is 6.49. The van der Waals surface area contributed by atoms with Crippen LogP contribution in [0.3, 0.4) is 0 Å². The van der Waals surface area contributed by atoms with Crippen LogP contribution in [0, 0.1) is 0 Å². The lowest BCUT2D eigenvalue weighted by Crippen LogP contribution is -2.41. The van der Waals surface area contributed by atoms with Gasteiger partial charge in [0.05, 0.1) is 19.6 Å². The van der Waals surface area contributed by atoms with Crippen LogP contribution in [0.25, 0.3) is 0 Å². The molecule has 7 heteroatoms. The highest BCUT2D eigenvalue weighted by Crippen LogP contribution is 2.14. The molecular formula is C18H22ClN3O2S. The molecule has 0 bridgehead atoms. The van der Waals surface area contributed by atoms with E-state index in [1.807, 2.05) is 24.4 Å². The monoisotopic (exact) mass is 379 g/mol. The van der Waals surface area contributed by atoms with Crippen LogP contribution in [0.5, 0.6) is 0 Å². The summed E-state index contributed by atoms with van der Waals surface area (Å²) in [4.78, 5) is 29.2. The molecule has 0 saturated heterocycles. The average Bonchev–Trinajstić information content (AvgIpc) is 3.07. The lowest BCUT2D eigenvalue weighted by atomic mass is 10.3. The van der Waals surface area contributed by atoms with Gasteiger partial charge in [-0.25, -0.2) is 0 Å². The molecule has 1 heterocycles. The third-order valence-corrected chi connectivity index (χ3v) is 4.72. The summed E-state index contributed by atoms with van der Waals surface area (Å²) in [5, 5.41) is 5.41. The first kappa shape index (κ1) is 19.4. The number of hydrogen-bond acceptors (Lipinski definition) is 4. The van der Waals surface area contributed by atoms with Crippen molar-refractivity contribution >= 4 is 40.4 Å². The molecule has 2 amide bonds. The first-order valence-electron chi connectivity index (χ1n) is 8.02. The van der Waals surface area contributed by atoms with Crippen molar-refractivity contribution in [1.29, 1.82) is 0 Å². The molecule has 2 rings (SSSR count). The van der Waals surface area contributed by atoms with Crippen molar-refractivity contribution in [2.24, 2.45) is 0 Å². The molecule has 1 N–H and O–H groups in total. The number of rotatable bonds is 8. The molecule has 25 heavy (non-hydrogen) atoms. The predicted molar refractivity (Wildman–Crippen MR) is 103 cm³/mol. The highest BCUT2D eigenvalue weighted by Gasteiger charge is 2.16. The van der Waals surface area contributed by atoms with Gasteiger partial charge in [0.15, 0.2) is 0 Å². The van der Waals surface area contributed by atoms with Crippen molar-refractivity contribution in [3.8, 4) is 0 Å². The molecule has 0 atom stereocenters. The Hall–Kier alpha value is -1.89. The van der Waals surface area contributed by atoms with Crippen LogP contribution < -0.4 is 5.32 Å². The number of halogens is 1. The van der Waals surface area contributed by atoms with E-state index in [0.717, 1.165) is 4.88 Å². The Labute approximate surface area is 157 Å². The van der Waals surface area contributed by atoms with Crippen molar-refractivity contribution < 1.29 is 9.59 Å². The Morgan fingerprint density at radius 3 is 2.48 bits per heavy atom. The summed E-state index contributed by atoms with van der Waals surface area (Å²) in [5.41, 5.74) is 0.682. The minimum atomic E-state index is -0.168. The number of thiophene rings is 1. The summed E-state index contributed by atoms with van der Waals surface area (Å²) in [6.07, 6.45) is 0. The highest BCUT2D eigenvalue weighted by atomic mass is 35.5. The number of anilines is 1. The van der Waals surface area contributed by atoms with Crippen molar-refractivity contribution in [3.05, 3.63) is 51.7 Å². The standard InChI is InChI=1S/C18H22ClN3O2S/c1-3-22(11-16-5-4-10-25-16)18(24)13-21(2)12-17(23)20-15-8-6-14(19)7-9-15/h4-10H,3,11-13H2,1-2H3,(H,20,23). The minimum Gasteiger partial charge on any atom is -0.337 e. The summed E-state index contributed by atoms with van der Waals surface area (Å²) < 4.78 is 0. The number of amides is 2. The van der Waals surface area contributed by atoms with Crippen LogP contribution in [0.2, 0.25) is 5.02 Å². The van der Waals surface area contributed by atoms with Crippen LogP contribution in [-0.2, 0) is 16.1 Å². The van der Waals surface area contributed by atoms with Gasteiger partial charge in [-0.05, 0) is 49.7 Å². The van der Waals surface area contributed by atoms with E-state index >= 15 is 0 Å². The molecular weight excluding hydrogens is 358 g/mol. The molecule has 0 aliphatic rings. The van der Waals surface area contributed by atoms with E-state index in [2.05, 4.69) is 5.32 Å². The zero-order chi connectivity index (χ0) is 18.2. The van der Waals surface area contributed by atoms with E-state index in [1.54, 1.807) is 52.4 Å². The fourth-order valence-corrected chi connectivity index (χ4v) is 3.18. The van der Waals surface area contributed by atoms with E-state index < -0.39 is 0 Å². The van der Waals surface area contributed by atoms with Gasteiger partial charge in [-0.1, -0.05) is 17.7 Å². The van der Waals surface area contributed by atoms with Crippen molar-refractivity contribution in [1.82, 2.24) is 9.80 Å². The largest absolute Gasteiger partial charge is 0.337 e. The first-order valence-corrected chi connectivity index (χ1v) is 9.27. The van der Waals surface area contributed by atoms with Crippen molar-refractivity contribution in [3.63, 3.8) is 0 Å². The lowest BCUT2D eigenvalue weighted by molar-refractivity contribution is -0.132. The summed E-state index contributed by atoms with van der Waals surface area (Å²) in [5.74, 6) is -0.156. The van der Waals surface area contributed by atoms with E-state index in [4.69, 9.17) is 11.6 Å². The molecule has 1 aromatic carbocycles. The second-order valence-electron chi connectivity index (χ2n) is 5.71. The Kier molecular flexibility index (Phi) is 7.43. The van der Waals surface area contributed by atoms with E-state index in [-0.39, 0.29) is 24.9 Å². The Balaban J connectivity index is 1.81. The number of carbonyl (C=O) groups is 2. The Morgan fingerprint density at radius 1 is 1.16 bits per heavy atom. The van der Waals surface area contributed by atoms with Gasteiger partial charge in [0.2, 0.25) is 11.8 Å². The summed E-state index contributed by atoms with van der Waals surface area (Å²) in [7, 11) is 1.76. The second kappa shape index (κ2) is 9.56. The zero-order valence-corrected chi connectivity index (χ0v) is 15.9. The van der Waals surface area contributed by atoms with Gasteiger partial charge in [0, 0.05) is 22.1 Å². The van der Waals surface area contributed by atoms with Crippen molar-refractivity contribution in [2.75, 3.05) is 32.0 Å². The van der Waals surface area contributed by atoms with E-state index in [1.165, 1.54) is 0 Å². The summed E-state index contributed by atoms with van der Waals surface area (Å²) >= 11 is 7.46. The normalized spacial score (nSPS) is 10.7. The molecule has 0 fully saturated rings. The molecule has 2 aromatic rings. The molecule has 134 valence electrons. The van der Waals surface area contributed by atoms with Gasteiger partial charge in [-0.3, -0.25) is 14.5 Å². The topological polar surface area (TPSA) is 52.7 Å². The SMILES string of the molecule is CCN(Cc1cccs1)C(=O)CN(C)CC(=O)Nc1ccc(Cl)cc1. The first-order chi connectivity index (χ1) is 12.0. The van der Waals surface area contributed by atoms with Crippen LogP contribution in [-0.4, -0.2) is 48.3 Å². The van der Waals surface area contributed by atoms with Gasteiger partial charge < -0.3 is 10.2 Å². The number of carbonyl (C=O) groups excluding carboxylic acids is 2. The maximum atomic E-state index is 12.4. The average molecular weight is 380 g/mol. The van der Waals surface area contributed by atoms with Crippen LogP contribution in [0.4, 0.5) is 5.69 Å². The number of likely N-dealkylation sites (N-methyl/N-ethyl adjacent to an activating group) is 2. The van der Waals surface area contributed by atoms with Gasteiger partial charge in [-0.15, -0.1) is 11.3 Å². The minimum absolute atomic E-state index is 0.0118. The van der Waals surface area contributed by atoms with Gasteiger partial charge in [0.25, 0.3) is 0 Å². The summed E-state index contributed by atoms with van der Waals surface area (Å²) in [6, 6.07) is 10.9. The second-order valence-corrected chi connectivity index (χ2v) is 7.18. The quantitative estimate of drug-likeness (QED) is 0.765. The maximum absolute atomic E-state index is 12.4. The predicted octanol–water partition coefficient (Wildman–Crippen LogP) is 3.32. The Morgan fingerprint density at radius 2 is 1.88 bits per heavy atom. The molecule has 0 aliphatic heterocycles. The molecule has 0 saturated carbocycles. The molecule has 0 unspecified atom stereocenters. The van der Waals surface area contributed by atoms with E-state index in [9.17, 15) is 9.59 Å². The molecule has 1 aromatic heterocycles. The molecule has 0 aliphatic carbocycles. The zero-order valence-electron chi connectivity index (χ0n) is 14.4. The fraction of sp³-hybridized carbons (Fsp3) is 0.333. The van der Waals surface area contributed by atoms with Gasteiger partial charge >= 0.3 is 0 Å². The van der Waals surface area contributed by atoms with Crippen molar-refractivity contribution in [2.45, 2.75) is 13.5 Å². The fourth-order valence-electron chi connectivity index (χ4n) is 2.33.